The van der Waals surface area contributed by atoms with Crippen LogP contribution in [0.5, 0.6) is 0 Å². The van der Waals surface area contributed by atoms with Crippen LogP contribution in [0.1, 0.15) is 73.8 Å². The number of anilines is 2. The number of aromatic nitrogens is 6. The summed E-state index contributed by atoms with van der Waals surface area (Å²) < 4.78 is 20.6. The van der Waals surface area contributed by atoms with E-state index in [0.29, 0.717) is 25.7 Å². The van der Waals surface area contributed by atoms with E-state index >= 15 is 0 Å². The predicted octanol–water partition coefficient (Wildman–Crippen LogP) is 2.88. The van der Waals surface area contributed by atoms with Gasteiger partial charge in [0, 0.05) is 6.92 Å². The van der Waals surface area contributed by atoms with Crippen LogP contribution in [-0.2, 0) is 19.0 Å². The minimum atomic E-state index is -0.616. The van der Waals surface area contributed by atoms with Crippen molar-refractivity contribution in [2.75, 3.05) is 24.0 Å². The van der Waals surface area contributed by atoms with Crippen molar-refractivity contribution in [1.29, 1.82) is 0 Å². The molecule has 0 saturated carbocycles. The Balaban J connectivity index is 0.000000267. The topological polar surface area (TPSA) is 253 Å². The Labute approximate surface area is 309 Å². The highest BCUT2D eigenvalue weighted by Crippen LogP contribution is 2.40. The zero-order chi connectivity index (χ0) is 35.7. The third-order valence-electron chi connectivity index (χ3n) is 8.27. The molecule has 21 heteroatoms. The summed E-state index contributed by atoms with van der Waals surface area (Å²) in [7, 11) is 0. The van der Waals surface area contributed by atoms with E-state index in [1.54, 1.807) is 23.5 Å². The van der Waals surface area contributed by atoms with Crippen LogP contribution in [0, 0.1) is 0 Å². The van der Waals surface area contributed by atoms with Crippen molar-refractivity contribution < 1.29 is 24.1 Å². The molecule has 284 valence electrons. The molecule has 6 rings (SSSR count). The van der Waals surface area contributed by atoms with Crippen LogP contribution < -0.4 is 32.3 Å². The molecule has 0 amide bonds. The summed E-state index contributed by atoms with van der Waals surface area (Å²) >= 11 is 4.74. The van der Waals surface area contributed by atoms with Gasteiger partial charge in [-0.05, 0) is 38.2 Å². The molecule has 8 atom stereocenters. The molecular formula is C30H46N8O9S4. The molecule has 6 heterocycles. The number of aliphatic hydroxyl groups is 1. The molecule has 17 nitrogen and oxygen atoms in total. The minimum Gasteiger partial charge on any atom is -0.460 e. The molecule has 0 aromatic carbocycles. The van der Waals surface area contributed by atoms with Crippen molar-refractivity contribution in [3.05, 3.63) is 40.0 Å². The highest BCUT2D eigenvalue weighted by molar-refractivity contribution is 7.99. The average Bonchev–Trinajstić information content (AvgIpc) is 3.82. The maximum absolute atomic E-state index is 12.5. The van der Waals surface area contributed by atoms with Crippen LogP contribution in [-0.4, -0.2) is 87.6 Å². The van der Waals surface area contributed by atoms with Gasteiger partial charge in [-0.15, -0.1) is 0 Å². The predicted molar refractivity (Wildman–Crippen MR) is 205 cm³/mol. The van der Waals surface area contributed by atoms with Crippen molar-refractivity contribution in [2.45, 2.75) is 109 Å². The Morgan fingerprint density at radius 2 is 1.31 bits per heavy atom. The van der Waals surface area contributed by atoms with Gasteiger partial charge in [-0.2, -0.15) is 33.5 Å². The molecule has 2 saturated heterocycles. The highest BCUT2D eigenvalue weighted by atomic mass is 32.2. The Hall–Kier alpha value is -3.21. The number of H-pyrrole nitrogens is 2. The summed E-state index contributed by atoms with van der Waals surface area (Å²) in [5.41, 5.74) is 10.8. The standard InChI is InChI=1S/C15H20N4O5S2.C13H18N4O4S2.2CH4/c1-4-7(23-6(2)20)8-5-9(25-3)13(24-8)19-11-10(26-15(19)22)12(21)18-14(16)17-11;1-3-5(18)6-4-7(22-2)11(21-6)17-9-8(23-13(17)20)10(19)16-12(14)15-9;;/h7-9,13H,4-5H2,1-3H3,(H3,16,17,18,21);5-7,11,18H,3-4H2,1-2H3,(H3,14,15,16,19);2*1H4/t7?,8-,9+,13+;5?,6-,7+,11+;;/m00../s1. The van der Waals surface area contributed by atoms with E-state index in [1.165, 1.54) is 16.1 Å². The van der Waals surface area contributed by atoms with Gasteiger partial charge in [-0.1, -0.05) is 51.4 Å². The first-order chi connectivity index (χ1) is 23.3. The molecule has 2 aliphatic rings. The number of nitrogens with zero attached hydrogens (tertiary/aromatic N) is 4. The fourth-order valence-corrected chi connectivity index (χ4v) is 9.23. The van der Waals surface area contributed by atoms with Gasteiger partial charge in [0.15, 0.2) is 23.8 Å². The number of nitrogens with one attached hydrogen (secondary N) is 2. The third-order valence-corrected chi connectivity index (χ3v) is 12.2. The smallest absolute Gasteiger partial charge is 0.311 e. The summed E-state index contributed by atoms with van der Waals surface area (Å²) in [6.07, 6.45) is 3.40. The average molecular weight is 791 g/mol. The number of esters is 1. The van der Waals surface area contributed by atoms with E-state index < -0.39 is 35.8 Å². The van der Waals surface area contributed by atoms with Crippen LogP contribution in [0.3, 0.4) is 0 Å². The van der Waals surface area contributed by atoms with E-state index in [1.807, 2.05) is 26.4 Å². The fraction of sp³-hybridized carbons (Fsp3) is 0.633. The second-order valence-electron chi connectivity index (χ2n) is 11.4. The lowest BCUT2D eigenvalue weighted by Gasteiger charge is -2.22. The minimum absolute atomic E-state index is 0. The summed E-state index contributed by atoms with van der Waals surface area (Å²) in [6, 6.07) is 0. The maximum Gasteiger partial charge on any atom is 0.311 e. The molecule has 4 aromatic heterocycles. The number of ether oxygens (including phenoxy) is 3. The van der Waals surface area contributed by atoms with Crippen molar-refractivity contribution >= 4 is 84.8 Å². The molecule has 4 aromatic rings. The number of aliphatic hydroxyl groups excluding tert-OH is 1. The molecule has 2 fully saturated rings. The highest BCUT2D eigenvalue weighted by Gasteiger charge is 2.43. The Kier molecular flexibility index (Phi) is 14.5. The summed E-state index contributed by atoms with van der Waals surface area (Å²) in [5.74, 6) is -0.475. The van der Waals surface area contributed by atoms with Crippen LogP contribution in [0.4, 0.5) is 11.9 Å². The number of fused-ring (bicyclic) bond motifs is 2. The van der Waals surface area contributed by atoms with E-state index in [-0.39, 0.29) is 85.9 Å². The largest absolute Gasteiger partial charge is 0.460 e. The fourth-order valence-electron chi connectivity index (χ4n) is 5.94. The van der Waals surface area contributed by atoms with Gasteiger partial charge in [0.05, 0.1) is 28.8 Å². The van der Waals surface area contributed by atoms with E-state index in [4.69, 9.17) is 25.7 Å². The molecular weight excluding hydrogens is 745 g/mol. The molecule has 0 spiro atoms. The Morgan fingerprint density at radius 1 is 0.882 bits per heavy atom. The number of thiazole rings is 2. The van der Waals surface area contributed by atoms with E-state index in [0.717, 1.165) is 22.7 Å². The third kappa shape index (κ3) is 8.55. The zero-order valence-electron chi connectivity index (χ0n) is 27.2. The monoisotopic (exact) mass is 790 g/mol. The van der Waals surface area contributed by atoms with Crippen LogP contribution in [0.2, 0.25) is 0 Å². The number of aromatic amines is 2. The number of thioether (sulfide) groups is 2. The summed E-state index contributed by atoms with van der Waals surface area (Å²) in [6.45, 7) is 5.15. The van der Waals surface area contributed by atoms with Crippen molar-refractivity contribution in [2.24, 2.45) is 0 Å². The van der Waals surface area contributed by atoms with Crippen LogP contribution in [0.15, 0.2) is 19.2 Å². The lowest BCUT2D eigenvalue weighted by Crippen LogP contribution is -2.31. The van der Waals surface area contributed by atoms with Crippen LogP contribution in [0.25, 0.3) is 20.7 Å². The number of hydrogen-bond donors (Lipinski definition) is 5. The lowest BCUT2D eigenvalue weighted by molar-refractivity contribution is -0.156. The summed E-state index contributed by atoms with van der Waals surface area (Å²) in [4.78, 5) is 72.6. The van der Waals surface area contributed by atoms with Gasteiger partial charge in [-0.3, -0.25) is 43.1 Å². The first-order valence-electron chi connectivity index (χ1n) is 15.3. The second kappa shape index (κ2) is 17.5. The quantitative estimate of drug-likeness (QED) is 0.153. The van der Waals surface area contributed by atoms with Gasteiger partial charge in [-0.25, -0.2) is 0 Å². The first kappa shape index (κ1) is 42.2. The molecule has 0 bridgehead atoms. The van der Waals surface area contributed by atoms with Crippen LogP contribution >= 0.6 is 46.2 Å². The molecule has 0 aliphatic carbocycles. The number of carbonyl (C=O) groups is 1. The summed E-state index contributed by atoms with van der Waals surface area (Å²) in [5, 5.41) is 9.98. The molecule has 51 heavy (non-hydrogen) atoms. The number of rotatable bonds is 9. The number of nitrogens with two attached hydrogens (primary N) is 2. The first-order valence-corrected chi connectivity index (χ1v) is 19.6. The van der Waals surface area contributed by atoms with Crippen molar-refractivity contribution in [1.82, 2.24) is 29.1 Å². The molecule has 2 aliphatic heterocycles. The number of hydrogen-bond acceptors (Lipinski definition) is 17. The van der Waals surface area contributed by atoms with Crippen molar-refractivity contribution in [3.63, 3.8) is 0 Å². The SMILES string of the molecule is C.C.CCC(O)[C@@H]1C[C@@H](SC)[C@H](n2c(=O)sc3c(=O)[nH]c(N)nc32)O1.CCC(OC(C)=O)[C@@H]1C[C@@H](SC)[C@H](n2c(=O)sc3c(=O)[nH]c(N)nc32)O1. The normalized spacial score (nSPS) is 24.0. The molecule has 7 N–H and O–H groups in total. The van der Waals surface area contributed by atoms with Gasteiger partial charge in [0.25, 0.3) is 11.1 Å². The number of nitrogen functional groups attached to an aromatic ring is 2. The molecule has 0 radical (unpaired) electrons. The zero-order valence-corrected chi connectivity index (χ0v) is 30.5. The maximum atomic E-state index is 12.5. The van der Waals surface area contributed by atoms with E-state index in [2.05, 4.69) is 19.9 Å². The molecule has 2 unspecified atom stereocenters. The Morgan fingerprint density at radius 3 is 1.71 bits per heavy atom. The lowest BCUT2D eigenvalue weighted by atomic mass is 10.1. The number of carbonyl (C=O) groups excluding carboxylic acids is 1. The van der Waals surface area contributed by atoms with Gasteiger partial charge < -0.3 is 30.8 Å². The van der Waals surface area contributed by atoms with E-state index in [9.17, 15) is 29.1 Å². The van der Waals surface area contributed by atoms with Gasteiger partial charge in [0.1, 0.15) is 15.5 Å². The Bertz CT molecular complexity index is 2060. The van der Waals surface area contributed by atoms with Crippen molar-refractivity contribution in [3.8, 4) is 0 Å². The van der Waals surface area contributed by atoms with Gasteiger partial charge in [0.2, 0.25) is 11.9 Å². The van der Waals surface area contributed by atoms with Gasteiger partial charge >= 0.3 is 15.7 Å². The second-order valence-corrected chi connectivity index (χ2v) is 15.4.